The van der Waals surface area contributed by atoms with E-state index in [-0.39, 0.29) is 12.0 Å². The van der Waals surface area contributed by atoms with Crippen molar-refractivity contribution in [1.82, 2.24) is 24.5 Å². The number of nitrogens with zero attached hydrogens (tertiary/aromatic N) is 5. The number of piperazine rings is 1. The summed E-state index contributed by atoms with van der Waals surface area (Å²) in [6.07, 6.45) is 7.30. The van der Waals surface area contributed by atoms with E-state index in [1.54, 1.807) is 4.90 Å². The van der Waals surface area contributed by atoms with E-state index in [2.05, 4.69) is 10.00 Å². The van der Waals surface area contributed by atoms with E-state index in [4.69, 9.17) is 4.74 Å². The van der Waals surface area contributed by atoms with Gasteiger partial charge >= 0.3 is 6.09 Å². The number of amides is 2. The van der Waals surface area contributed by atoms with Crippen molar-refractivity contribution in [3.8, 4) is 0 Å². The normalized spacial score (nSPS) is 23.1. The maximum absolute atomic E-state index is 13.3. The lowest BCUT2D eigenvalue weighted by Gasteiger charge is -2.40. The van der Waals surface area contributed by atoms with Crippen LogP contribution in [-0.4, -0.2) is 88.4 Å². The summed E-state index contributed by atoms with van der Waals surface area (Å²) in [5.41, 5.74) is 3.04. The number of likely N-dealkylation sites (tertiary alicyclic amines) is 1. The van der Waals surface area contributed by atoms with Gasteiger partial charge in [-0.15, -0.1) is 0 Å². The Labute approximate surface area is 179 Å². The van der Waals surface area contributed by atoms with Gasteiger partial charge in [-0.05, 0) is 39.0 Å². The number of hydrogen-bond donors (Lipinski definition) is 0. The number of carbonyl (C=O) groups is 2. The van der Waals surface area contributed by atoms with E-state index < -0.39 is 0 Å². The first kappa shape index (κ1) is 21.2. The fraction of sp³-hybridized carbons (Fsp3) is 0.773. The van der Waals surface area contributed by atoms with E-state index in [0.29, 0.717) is 31.4 Å². The minimum atomic E-state index is -0.208. The molecule has 2 fully saturated rings. The maximum atomic E-state index is 13.3. The summed E-state index contributed by atoms with van der Waals surface area (Å²) in [6.45, 7) is 7.07. The second-order valence-corrected chi connectivity index (χ2v) is 8.72. The molecule has 1 aromatic heterocycles. The molecular formula is C22H35N5O3. The first-order valence-corrected chi connectivity index (χ1v) is 11.6. The van der Waals surface area contributed by atoms with E-state index in [1.807, 2.05) is 23.6 Å². The molecule has 0 unspecified atom stereocenters. The van der Waals surface area contributed by atoms with Crippen molar-refractivity contribution in [2.24, 2.45) is 7.05 Å². The molecule has 0 bridgehead atoms. The van der Waals surface area contributed by atoms with Gasteiger partial charge in [-0.25, -0.2) is 4.79 Å². The van der Waals surface area contributed by atoms with Crippen LogP contribution >= 0.6 is 0 Å². The van der Waals surface area contributed by atoms with Gasteiger partial charge in [0.2, 0.25) is 0 Å². The second kappa shape index (κ2) is 9.37. The number of aryl methyl sites for hydroxylation is 1. The third kappa shape index (κ3) is 4.33. The quantitative estimate of drug-likeness (QED) is 0.753. The topological polar surface area (TPSA) is 70.9 Å². The molecule has 0 saturated carbocycles. The van der Waals surface area contributed by atoms with Gasteiger partial charge in [-0.1, -0.05) is 12.8 Å². The Morgan fingerprint density at radius 2 is 1.70 bits per heavy atom. The smallest absolute Gasteiger partial charge is 0.409 e. The van der Waals surface area contributed by atoms with Gasteiger partial charge in [0.1, 0.15) is 0 Å². The number of hydrogen-bond acceptors (Lipinski definition) is 5. The van der Waals surface area contributed by atoms with Crippen LogP contribution in [0.25, 0.3) is 0 Å². The van der Waals surface area contributed by atoms with Crippen LogP contribution < -0.4 is 0 Å². The Kier molecular flexibility index (Phi) is 6.61. The predicted octanol–water partition coefficient (Wildman–Crippen LogP) is 2.07. The zero-order chi connectivity index (χ0) is 21.1. The van der Waals surface area contributed by atoms with Gasteiger partial charge < -0.3 is 14.5 Å². The minimum absolute atomic E-state index is 0.113. The highest BCUT2D eigenvalue weighted by Crippen LogP contribution is 2.29. The highest BCUT2D eigenvalue weighted by Gasteiger charge is 2.34. The molecule has 0 N–H and O–H groups in total. The highest BCUT2D eigenvalue weighted by atomic mass is 16.6. The molecule has 8 heteroatoms. The van der Waals surface area contributed by atoms with Crippen molar-refractivity contribution in [3.05, 3.63) is 17.0 Å². The largest absolute Gasteiger partial charge is 0.450 e. The van der Waals surface area contributed by atoms with Crippen molar-refractivity contribution in [2.45, 2.75) is 57.9 Å². The average molecular weight is 418 g/mol. The Bertz CT molecular complexity index is 761. The molecule has 2 amide bonds. The highest BCUT2D eigenvalue weighted by molar-refractivity contribution is 5.94. The van der Waals surface area contributed by atoms with Crippen LogP contribution in [-0.2, 0) is 24.6 Å². The zero-order valence-electron chi connectivity index (χ0n) is 18.4. The van der Waals surface area contributed by atoms with Crippen LogP contribution in [0.15, 0.2) is 0 Å². The van der Waals surface area contributed by atoms with E-state index in [1.165, 1.54) is 18.5 Å². The molecule has 1 aliphatic carbocycles. The van der Waals surface area contributed by atoms with Crippen LogP contribution in [0.3, 0.4) is 0 Å². The molecule has 166 valence electrons. The van der Waals surface area contributed by atoms with Gasteiger partial charge in [0, 0.05) is 63.6 Å². The molecule has 0 aromatic carbocycles. The molecular weight excluding hydrogens is 382 g/mol. The molecule has 1 aromatic rings. The average Bonchev–Trinajstić information content (AvgIpc) is 2.94. The molecule has 30 heavy (non-hydrogen) atoms. The fourth-order valence-corrected chi connectivity index (χ4v) is 5.16. The number of rotatable bonds is 3. The van der Waals surface area contributed by atoms with Crippen molar-refractivity contribution in [3.63, 3.8) is 0 Å². The molecule has 3 aliphatic rings. The first-order chi connectivity index (χ1) is 14.6. The standard InChI is InChI=1S/C22H35N5O3/c1-3-30-22(29)27-14-12-25(13-15-27)17-8-9-19-18(16-17)20(23-24(19)2)21(28)26-10-6-4-5-7-11-26/h17H,3-16H2,1-2H3/t17-/m1/s1. The van der Waals surface area contributed by atoms with Crippen LogP contribution in [0, 0.1) is 0 Å². The Morgan fingerprint density at radius 1 is 1.00 bits per heavy atom. The van der Waals surface area contributed by atoms with Crippen LogP contribution in [0.2, 0.25) is 0 Å². The summed E-state index contributed by atoms with van der Waals surface area (Å²) < 4.78 is 7.06. The van der Waals surface area contributed by atoms with Crippen molar-refractivity contribution in [1.29, 1.82) is 0 Å². The Hall–Kier alpha value is -2.09. The summed E-state index contributed by atoms with van der Waals surface area (Å²) in [7, 11) is 1.97. The first-order valence-electron chi connectivity index (χ1n) is 11.6. The molecule has 0 radical (unpaired) electrons. The number of carbonyl (C=O) groups excluding carboxylic acids is 2. The maximum Gasteiger partial charge on any atom is 0.409 e. The molecule has 8 nitrogen and oxygen atoms in total. The van der Waals surface area contributed by atoms with Gasteiger partial charge in [0.05, 0.1) is 6.61 Å². The van der Waals surface area contributed by atoms with Gasteiger partial charge in [0.15, 0.2) is 5.69 Å². The van der Waals surface area contributed by atoms with Crippen LogP contribution in [0.4, 0.5) is 4.79 Å². The summed E-state index contributed by atoms with van der Waals surface area (Å²) in [6, 6.07) is 0.404. The predicted molar refractivity (Wildman–Crippen MR) is 114 cm³/mol. The van der Waals surface area contributed by atoms with Crippen molar-refractivity contribution >= 4 is 12.0 Å². The van der Waals surface area contributed by atoms with Crippen LogP contribution in [0.5, 0.6) is 0 Å². The molecule has 3 heterocycles. The summed E-state index contributed by atoms with van der Waals surface area (Å²) in [5, 5.41) is 4.67. The van der Waals surface area contributed by atoms with Gasteiger partial charge in [0.25, 0.3) is 5.91 Å². The molecule has 4 rings (SSSR count). The summed E-state index contributed by atoms with van der Waals surface area (Å²) in [4.78, 5) is 31.5. The van der Waals surface area contributed by atoms with E-state index >= 15 is 0 Å². The lowest BCUT2D eigenvalue weighted by Crippen LogP contribution is -2.53. The van der Waals surface area contributed by atoms with Gasteiger partial charge in [-0.3, -0.25) is 14.4 Å². The lowest BCUT2D eigenvalue weighted by atomic mass is 9.89. The van der Waals surface area contributed by atoms with Crippen molar-refractivity contribution in [2.75, 3.05) is 45.9 Å². The molecule has 2 aliphatic heterocycles. The van der Waals surface area contributed by atoms with E-state index in [0.717, 1.165) is 63.8 Å². The fourth-order valence-electron chi connectivity index (χ4n) is 5.16. The van der Waals surface area contributed by atoms with Gasteiger partial charge in [-0.2, -0.15) is 5.10 Å². The van der Waals surface area contributed by atoms with Crippen LogP contribution in [0.1, 0.15) is 60.8 Å². The number of ether oxygens (including phenoxy) is 1. The summed E-state index contributed by atoms with van der Waals surface area (Å²) in [5.74, 6) is 0.113. The monoisotopic (exact) mass is 417 g/mol. The molecule has 1 atom stereocenters. The zero-order valence-corrected chi connectivity index (χ0v) is 18.4. The third-order valence-corrected chi connectivity index (χ3v) is 6.88. The summed E-state index contributed by atoms with van der Waals surface area (Å²) >= 11 is 0. The van der Waals surface area contributed by atoms with E-state index in [9.17, 15) is 9.59 Å². The molecule has 2 saturated heterocycles. The Balaban J connectivity index is 1.43. The number of aromatic nitrogens is 2. The molecule has 0 spiro atoms. The lowest BCUT2D eigenvalue weighted by molar-refractivity contribution is 0.0627. The Morgan fingerprint density at radius 3 is 2.37 bits per heavy atom. The minimum Gasteiger partial charge on any atom is -0.450 e. The second-order valence-electron chi connectivity index (χ2n) is 8.72. The SMILES string of the molecule is CCOC(=O)N1CCN([C@@H]2CCc3c(c(C(=O)N4CCCCCC4)nn3C)C2)CC1. The van der Waals surface area contributed by atoms with Crippen molar-refractivity contribution < 1.29 is 14.3 Å². The third-order valence-electron chi connectivity index (χ3n) is 6.88. The number of fused-ring (bicyclic) bond motifs is 1.